The van der Waals surface area contributed by atoms with E-state index in [4.69, 9.17) is 4.74 Å². The fourth-order valence-corrected chi connectivity index (χ4v) is 3.31. The molecule has 1 atom stereocenters. The molecule has 6 nitrogen and oxygen atoms in total. The van der Waals surface area contributed by atoms with Crippen LogP contribution in [0.5, 0.6) is 0 Å². The molecule has 0 spiro atoms. The normalized spacial score (nSPS) is 21.4. The van der Waals surface area contributed by atoms with E-state index in [9.17, 15) is 13.6 Å². The molecule has 152 valence electrons. The standard InChI is InChI=1S/C19H30F2N4O2/c1-14-5-6-22-16(24-14)11-25-7-8-27-19(4,13-25)12-23-17(26)10-18(2,3)9-15(20)21/h5-6,15H,7-13H2,1-4H3,(H,23,26). The Balaban J connectivity index is 1.85. The van der Waals surface area contributed by atoms with Gasteiger partial charge in [0.05, 0.1) is 18.8 Å². The highest BCUT2D eigenvalue weighted by Crippen LogP contribution is 2.28. The second-order valence-corrected chi connectivity index (χ2v) is 8.34. The summed E-state index contributed by atoms with van der Waals surface area (Å²) in [6.45, 7) is 10.1. The van der Waals surface area contributed by atoms with Gasteiger partial charge in [-0.2, -0.15) is 0 Å². The van der Waals surface area contributed by atoms with Crippen LogP contribution in [0.3, 0.4) is 0 Å². The lowest BCUT2D eigenvalue weighted by Gasteiger charge is -2.40. The van der Waals surface area contributed by atoms with E-state index < -0.39 is 17.4 Å². The molecule has 1 N–H and O–H groups in total. The zero-order chi connectivity index (χ0) is 20.1. The number of rotatable bonds is 8. The number of nitrogens with zero attached hydrogens (tertiary/aromatic N) is 3. The van der Waals surface area contributed by atoms with E-state index in [1.807, 2.05) is 19.9 Å². The second-order valence-electron chi connectivity index (χ2n) is 8.34. The molecule has 2 rings (SSSR count). The van der Waals surface area contributed by atoms with Gasteiger partial charge in [0.15, 0.2) is 0 Å². The van der Waals surface area contributed by atoms with E-state index in [1.54, 1.807) is 20.0 Å². The van der Waals surface area contributed by atoms with Crippen LogP contribution < -0.4 is 5.32 Å². The highest BCUT2D eigenvalue weighted by molar-refractivity contribution is 5.76. The Bertz CT molecular complexity index is 642. The van der Waals surface area contributed by atoms with Crippen molar-refractivity contribution in [1.29, 1.82) is 0 Å². The first-order valence-electron chi connectivity index (χ1n) is 9.27. The Labute approximate surface area is 159 Å². The van der Waals surface area contributed by atoms with Gasteiger partial charge in [-0.1, -0.05) is 13.8 Å². The molecule has 1 aromatic heterocycles. The van der Waals surface area contributed by atoms with Crippen LogP contribution in [0.1, 0.15) is 45.1 Å². The maximum Gasteiger partial charge on any atom is 0.239 e. The van der Waals surface area contributed by atoms with E-state index in [0.717, 1.165) is 18.1 Å². The van der Waals surface area contributed by atoms with E-state index in [-0.39, 0.29) is 18.7 Å². The largest absolute Gasteiger partial charge is 0.371 e. The van der Waals surface area contributed by atoms with Gasteiger partial charge >= 0.3 is 0 Å². The molecule has 1 aliphatic heterocycles. The third-order valence-electron chi connectivity index (χ3n) is 4.63. The summed E-state index contributed by atoms with van der Waals surface area (Å²) in [5.41, 5.74) is -0.346. The number of amides is 1. The number of halogens is 2. The second kappa shape index (κ2) is 9.01. The van der Waals surface area contributed by atoms with Crippen molar-refractivity contribution in [1.82, 2.24) is 20.2 Å². The van der Waals surface area contributed by atoms with Crippen LogP contribution in [0.4, 0.5) is 8.78 Å². The summed E-state index contributed by atoms with van der Waals surface area (Å²) >= 11 is 0. The lowest BCUT2D eigenvalue weighted by atomic mass is 9.85. The van der Waals surface area contributed by atoms with Crippen molar-refractivity contribution >= 4 is 5.91 Å². The number of hydrogen-bond acceptors (Lipinski definition) is 5. The molecule has 0 radical (unpaired) electrons. The molecule has 1 unspecified atom stereocenters. The number of carbonyl (C=O) groups is 1. The molecule has 2 heterocycles. The average molecular weight is 384 g/mol. The molecule has 0 bridgehead atoms. The van der Waals surface area contributed by atoms with Crippen molar-refractivity contribution in [3.05, 3.63) is 23.8 Å². The van der Waals surface area contributed by atoms with Gasteiger partial charge in [0, 0.05) is 44.4 Å². The molecule has 1 aliphatic rings. The van der Waals surface area contributed by atoms with E-state index >= 15 is 0 Å². The van der Waals surface area contributed by atoms with Crippen molar-refractivity contribution in [2.75, 3.05) is 26.2 Å². The summed E-state index contributed by atoms with van der Waals surface area (Å²) in [5, 5.41) is 2.85. The van der Waals surface area contributed by atoms with Crippen LogP contribution in [0.2, 0.25) is 0 Å². The van der Waals surface area contributed by atoms with Crippen molar-refractivity contribution < 1.29 is 18.3 Å². The third-order valence-corrected chi connectivity index (χ3v) is 4.63. The number of alkyl halides is 2. The molecule has 0 aliphatic carbocycles. The van der Waals surface area contributed by atoms with Gasteiger partial charge in [-0.05, 0) is 25.3 Å². The minimum atomic E-state index is -2.41. The maximum absolute atomic E-state index is 12.6. The zero-order valence-electron chi connectivity index (χ0n) is 16.6. The zero-order valence-corrected chi connectivity index (χ0v) is 16.6. The monoisotopic (exact) mass is 384 g/mol. The fraction of sp³-hybridized carbons (Fsp3) is 0.737. The van der Waals surface area contributed by atoms with Crippen molar-refractivity contribution in [2.24, 2.45) is 5.41 Å². The van der Waals surface area contributed by atoms with Gasteiger partial charge in [0.25, 0.3) is 0 Å². The first-order valence-corrected chi connectivity index (χ1v) is 9.27. The molecular weight excluding hydrogens is 354 g/mol. The van der Waals surface area contributed by atoms with Crippen molar-refractivity contribution in [3.8, 4) is 0 Å². The molecule has 1 saturated heterocycles. The van der Waals surface area contributed by atoms with Crippen LogP contribution in [0.25, 0.3) is 0 Å². The lowest BCUT2D eigenvalue weighted by Crippen LogP contribution is -2.55. The van der Waals surface area contributed by atoms with E-state index in [2.05, 4.69) is 20.2 Å². The topological polar surface area (TPSA) is 67.3 Å². The summed E-state index contributed by atoms with van der Waals surface area (Å²) in [6, 6.07) is 1.86. The molecule has 27 heavy (non-hydrogen) atoms. The van der Waals surface area contributed by atoms with Crippen molar-refractivity contribution in [2.45, 2.75) is 59.1 Å². The number of nitrogens with one attached hydrogen (secondary N) is 1. The quantitative estimate of drug-likeness (QED) is 0.746. The predicted octanol–water partition coefficient (Wildman–Crippen LogP) is 2.56. The van der Waals surface area contributed by atoms with Crippen LogP contribution >= 0.6 is 0 Å². The Morgan fingerprint density at radius 2 is 2.22 bits per heavy atom. The summed E-state index contributed by atoms with van der Waals surface area (Å²) in [5.74, 6) is 0.529. The van der Waals surface area contributed by atoms with E-state index in [0.29, 0.717) is 26.2 Å². The molecular formula is C19H30F2N4O2. The smallest absolute Gasteiger partial charge is 0.239 e. The third kappa shape index (κ3) is 7.46. The molecule has 1 fully saturated rings. The predicted molar refractivity (Wildman–Crippen MR) is 98.4 cm³/mol. The SMILES string of the molecule is Cc1ccnc(CN2CCOC(C)(CNC(=O)CC(C)(C)CC(F)F)C2)n1. The Morgan fingerprint density at radius 3 is 2.89 bits per heavy atom. The first-order chi connectivity index (χ1) is 12.6. The summed E-state index contributed by atoms with van der Waals surface area (Å²) in [4.78, 5) is 23.1. The Morgan fingerprint density at radius 1 is 1.48 bits per heavy atom. The van der Waals surface area contributed by atoms with Crippen LogP contribution in [-0.4, -0.2) is 59.0 Å². The minimum absolute atomic E-state index is 0.0638. The summed E-state index contributed by atoms with van der Waals surface area (Å²) in [7, 11) is 0. The fourth-order valence-electron chi connectivity index (χ4n) is 3.31. The number of ether oxygens (including phenoxy) is 1. The van der Waals surface area contributed by atoms with Crippen LogP contribution in [0, 0.1) is 12.3 Å². The summed E-state index contributed by atoms with van der Waals surface area (Å²) in [6.07, 6.45) is -0.893. The molecule has 0 saturated carbocycles. The number of carbonyl (C=O) groups excluding carboxylic acids is 1. The number of aryl methyl sites for hydroxylation is 1. The van der Waals surface area contributed by atoms with Crippen molar-refractivity contribution in [3.63, 3.8) is 0 Å². The minimum Gasteiger partial charge on any atom is -0.371 e. The number of hydrogen-bond donors (Lipinski definition) is 1. The van der Waals surface area contributed by atoms with Gasteiger partial charge in [-0.15, -0.1) is 0 Å². The van der Waals surface area contributed by atoms with Gasteiger partial charge in [-0.3, -0.25) is 9.69 Å². The van der Waals surface area contributed by atoms with Crippen LogP contribution in [-0.2, 0) is 16.1 Å². The Hall–Kier alpha value is -1.67. The van der Waals surface area contributed by atoms with Crippen LogP contribution in [0.15, 0.2) is 12.3 Å². The maximum atomic E-state index is 12.6. The molecule has 1 amide bonds. The Kier molecular flexibility index (Phi) is 7.22. The highest BCUT2D eigenvalue weighted by atomic mass is 19.3. The molecule has 1 aromatic rings. The van der Waals surface area contributed by atoms with Gasteiger partial charge in [-0.25, -0.2) is 18.7 Å². The van der Waals surface area contributed by atoms with E-state index in [1.165, 1.54) is 0 Å². The molecule has 0 aromatic carbocycles. The average Bonchev–Trinajstić information content (AvgIpc) is 2.51. The number of aromatic nitrogens is 2. The van der Waals surface area contributed by atoms with Gasteiger partial charge < -0.3 is 10.1 Å². The molecule has 8 heteroatoms. The first kappa shape index (κ1) is 21.6. The van der Waals surface area contributed by atoms with Gasteiger partial charge in [0.1, 0.15) is 5.82 Å². The number of morpholine rings is 1. The summed E-state index contributed by atoms with van der Waals surface area (Å²) < 4.78 is 31.1. The lowest BCUT2D eigenvalue weighted by molar-refractivity contribution is -0.129. The van der Waals surface area contributed by atoms with Gasteiger partial charge in [0.2, 0.25) is 12.3 Å². The highest BCUT2D eigenvalue weighted by Gasteiger charge is 2.33.